The molecule has 1 unspecified atom stereocenters. The number of aromatic nitrogens is 2. The van der Waals surface area contributed by atoms with Crippen LogP contribution in [0, 0.1) is 0 Å². The predicted molar refractivity (Wildman–Crippen MR) is 164 cm³/mol. The van der Waals surface area contributed by atoms with Crippen molar-refractivity contribution in [2.24, 2.45) is 0 Å². The second kappa shape index (κ2) is 14.5. The van der Waals surface area contributed by atoms with Gasteiger partial charge in [-0.1, -0.05) is 47.5 Å². The average Bonchev–Trinajstić information content (AvgIpc) is 3.41. The number of nitrogens with zero attached hydrogens (tertiary/aromatic N) is 2. The number of hydrogen-bond acceptors (Lipinski definition) is 7. The van der Waals surface area contributed by atoms with Crippen molar-refractivity contribution in [3.8, 4) is 5.75 Å². The van der Waals surface area contributed by atoms with Crippen molar-refractivity contribution in [1.29, 1.82) is 0 Å². The van der Waals surface area contributed by atoms with Crippen LogP contribution in [0.2, 0.25) is 10.0 Å². The minimum absolute atomic E-state index is 0.121. The number of amides is 1. The second-order valence-corrected chi connectivity index (χ2v) is 13.3. The molecular weight excluding hydrogens is 616 g/mol. The summed E-state index contributed by atoms with van der Waals surface area (Å²) >= 11 is 12.4. The number of ether oxygens (including phenoxy) is 1. The topological polar surface area (TPSA) is 143 Å². The fourth-order valence-electron chi connectivity index (χ4n) is 4.62. The summed E-state index contributed by atoms with van der Waals surface area (Å²) < 4.78 is 27.1. The van der Waals surface area contributed by atoms with Gasteiger partial charge in [0.25, 0.3) is 5.91 Å². The molecule has 1 aliphatic rings. The fraction of sp³-hybridized carbons (Fsp3) is 0.379. The number of Topliss-reactive ketones (excluding diaryl/α,β-unsaturated/α-hetero) is 1. The Balaban J connectivity index is 1.40. The van der Waals surface area contributed by atoms with Gasteiger partial charge in [-0.05, 0) is 57.9 Å². The number of nitrogens with one attached hydrogen (secondary N) is 3. The zero-order chi connectivity index (χ0) is 31.1. The van der Waals surface area contributed by atoms with Gasteiger partial charge in [-0.3, -0.25) is 19.5 Å². The van der Waals surface area contributed by atoms with Crippen LogP contribution in [-0.4, -0.2) is 63.8 Å². The summed E-state index contributed by atoms with van der Waals surface area (Å²) in [6.45, 7) is 5.68. The van der Waals surface area contributed by atoms with E-state index in [2.05, 4.69) is 20.6 Å². The van der Waals surface area contributed by atoms with Crippen LogP contribution in [0.1, 0.15) is 60.0 Å². The first-order chi connectivity index (χ1) is 20.5. The first-order valence-electron chi connectivity index (χ1n) is 13.9. The van der Waals surface area contributed by atoms with E-state index in [0.717, 1.165) is 0 Å². The van der Waals surface area contributed by atoms with Crippen molar-refractivity contribution in [3.05, 3.63) is 81.6 Å². The van der Waals surface area contributed by atoms with Gasteiger partial charge in [-0.2, -0.15) is 5.10 Å². The Morgan fingerprint density at radius 3 is 2.33 bits per heavy atom. The van der Waals surface area contributed by atoms with Crippen molar-refractivity contribution < 1.29 is 28.2 Å². The van der Waals surface area contributed by atoms with Crippen LogP contribution in [0.5, 0.6) is 5.75 Å². The maximum atomic E-state index is 14.2. The molecule has 2 aromatic carbocycles. The Labute approximate surface area is 260 Å². The standard InChI is InChI=1S/C29H34Cl2N5O6P/c1-18(2)41-29(39)19(3)35-43(40,42-22-8-5-4-6-9-22)36-14-12-21(13-15-36)33-28(38)27-20(17-32-34-27)16-25(37)26-23(30)10-7-11-24(26)31/h4-11,17-19,21H,12-16H2,1-3H3,(H,32,34)(H,33,38)(H,35,40)/t19-,43?/m0/s1. The molecule has 0 aliphatic carbocycles. The molecule has 230 valence electrons. The largest absolute Gasteiger partial charge is 0.462 e. The first-order valence-corrected chi connectivity index (χ1v) is 16.2. The van der Waals surface area contributed by atoms with E-state index in [1.54, 1.807) is 67.9 Å². The highest BCUT2D eigenvalue weighted by Gasteiger charge is 2.39. The van der Waals surface area contributed by atoms with Crippen LogP contribution in [0.25, 0.3) is 0 Å². The molecule has 0 saturated carbocycles. The smallest absolute Gasteiger partial charge is 0.393 e. The molecule has 14 heteroatoms. The van der Waals surface area contributed by atoms with Crippen molar-refractivity contribution >= 4 is 48.5 Å². The van der Waals surface area contributed by atoms with E-state index in [0.29, 0.717) is 37.2 Å². The molecular formula is C29H34Cl2N5O6P. The third-order valence-electron chi connectivity index (χ3n) is 6.75. The summed E-state index contributed by atoms with van der Waals surface area (Å²) in [6.07, 6.45) is 1.89. The number of ketones is 1. The normalized spacial score (nSPS) is 16.3. The molecule has 2 heterocycles. The van der Waals surface area contributed by atoms with Gasteiger partial charge in [0.2, 0.25) is 0 Å². The van der Waals surface area contributed by atoms with E-state index in [1.807, 2.05) is 6.07 Å². The van der Waals surface area contributed by atoms with Crippen molar-refractivity contribution in [3.63, 3.8) is 0 Å². The molecule has 3 aromatic rings. The molecule has 0 spiro atoms. The summed E-state index contributed by atoms with van der Waals surface area (Å²) in [5.41, 5.74) is 0.757. The Bertz CT molecular complexity index is 1470. The third-order valence-corrected chi connectivity index (χ3v) is 9.70. The zero-order valence-corrected chi connectivity index (χ0v) is 26.4. The minimum Gasteiger partial charge on any atom is -0.462 e. The molecule has 1 aliphatic heterocycles. The summed E-state index contributed by atoms with van der Waals surface area (Å²) in [4.78, 5) is 38.6. The number of piperidine rings is 1. The Morgan fingerprint density at radius 1 is 1.05 bits per heavy atom. The maximum absolute atomic E-state index is 14.2. The third kappa shape index (κ3) is 8.46. The monoisotopic (exact) mass is 649 g/mol. The van der Waals surface area contributed by atoms with Gasteiger partial charge in [-0.15, -0.1) is 0 Å². The molecule has 43 heavy (non-hydrogen) atoms. The molecule has 11 nitrogen and oxygen atoms in total. The van der Waals surface area contributed by atoms with Crippen LogP contribution in [0.3, 0.4) is 0 Å². The van der Waals surface area contributed by atoms with E-state index in [1.165, 1.54) is 6.20 Å². The van der Waals surface area contributed by atoms with Crippen LogP contribution < -0.4 is 14.9 Å². The number of H-pyrrole nitrogens is 1. The van der Waals surface area contributed by atoms with Crippen LogP contribution >= 0.6 is 30.9 Å². The lowest BCUT2D eigenvalue weighted by Crippen LogP contribution is -2.47. The molecule has 1 saturated heterocycles. The van der Waals surface area contributed by atoms with E-state index in [4.69, 9.17) is 32.5 Å². The highest BCUT2D eigenvalue weighted by Crippen LogP contribution is 2.48. The number of esters is 1. The number of carbonyl (C=O) groups is 3. The van der Waals surface area contributed by atoms with E-state index >= 15 is 0 Å². The number of carbonyl (C=O) groups excluding carboxylic acids is 3. The van der Waals surface area contributed by atoms with Gasteiger partial charge in [0.1, 0.15) is 17.5 Å². The minimum atomic E-state index is -3.75. The summed E-state index contributed by atoms with van der Waals surface area (Å²) in [5, 5.41) is 12.9. The molecule has 1 fully saturated rings. The molecule has 0 radical (unpaired) electrons. The van der Waals surface area contributed by atoms with Crippen molar-refractivity contribution in [2.45, 2.75) is 58.2 Å². The maximum Gasteiger partial charge on any atom is 0.393 e. The number of hydrogen-bond donors (Lipinski definition) is 3. The number of halogens is 2. The Morgan fingerprint density at radius 2 is 1.70 bits per heavy atom. The van der Waals surface area contributed by atoms with E-state index in [9.17, 15) is 18.9 Å². The SMILES string of the molecule is CC(C)OC(=O)[C@H](C)NP(=O)(Oc1ccccc1)N1CCC(NC(=O)c2[nH]ncc2CC(=O)c2c(Cl)cccc2Cl)CC1. The van der Waals surface area contributed by atoms with Gasteiger partial charge in [-0.25, -0.2) is 14.3 Å². The summed E-state index contributed by atoms with van der Waals surface area (Å²) in [5.74, 6) is -0.916. The Hall–Kier alpha value is -3.21. The van der Waals surface area contributed by atoms with Crippen LogP contribution in [0.15, 0.2) is 54.7 Å². The predicted octanol–water partition coefficient (Wildman–Crippen LogP) is 5.45. The summed E-state index contributed by atoms with van der Waals surface area (Å²) in [6, 6.07) is 12.4. The molecule has 0 bridgehead atoms. The lowest BCUT2D eigenvalue weighted by Gasteiger charge is -2.37. The zero-order valence-electron chi connectivity index (χ0n) is 24.0. The lowest BCUT2D eigenvalue weighted by molar-refractivity contribution is -0.149. The quantitative estimate of drug-likeness (QED) is 0.132. The number of aromatic amines is 1. The summed E-state index contributed by atoms with van der Waals surface area (Å²) in [7, 11) is -3.75. The number of rotatable bonds is 12. The average molecular weight is 651 g/mol. The van der Waals surface area contributed by atoms with Crippen molar-refractivity contribution in [1.82, 2.24) is 25.3 Å². The van der Waals surface area contributed by atoms with Gasteiger partial charge >= 0.3 is 13.6 Å². The molecule has 1 aromatic heterocycles. The van der Waals surface area contributed by atoms with E-state index < -0.39 is 25.6 Å². The highest BCUT2D eigenvalue weighted by molar-refractivity contribution is 7.54. The van der Waals surface area contributed by atoms with E-state index in [-0.39, 0.29) is 45.7 Å². The number of para-hydroxylation sites is 1. The highest BCUT2D eigenvalue weighted by atomic mass is 35.5. The molecule has 2 atom stereocenters. The van der Waals surface area contributed by atoms with Gasteiger partial charge in [0.05, 0.1) is 27.9 Å². The van der Waals surface area contributed by atoms with Gasteiger partial charge in [0.15, 0.2) is 5.78 Å². The van der Waals surface area contributed by atoms with Crippen LogP contribution in [-0.2, 0) is 20.5 Å². The number of benzene rings is 2. The van der Waals surface area contributed by atoms with Gasteiger partial charge in [0, 0.05) is 31.1 Å². The van der Waals surface area contributed by atoms with Crippen molar-refractivity contribution in [2.75, 3.05) is 13.1 Å². The van der Waals surface area contributed by atoms with Gasteiger partial charge < -0.3 is 14.6 Å². The lowest BCUT2D eigenvalue weighted by atomic mass is 10.0. The molecule has 3 N–H and O–H groups in total. The second-order valence-electron chi connectivity index (χ2n) is 10.4. The Kier molecular flexibility index (Phi) is 11.0. The first kappa shape index (κ1) is 32.7. The molecule has 4 rings (SSSR count). The fourth-order valence-corrected chi connectivity index (χ4v) is 7.32. The van der Waals surface area contributed by atoms with Crippen LogP contribution in [0.4, 0.5) is 0 Å². The molecule has 1 amide bonds.